The highest BCUT2D eigenvalue weighted by Gasteiger charge is 2.31. The van der Waals surface area contributed by atoms with E-state index in [9.17, 15) is 4.79 Å². The summed E-state index contributed by atoms with van der Waals surface area (Å²) in [5.41, 5.74) is 3.00. The van der Waals surface area contributed by atoms with E-state index < -0.39 is 0 Å². The molecule has 1 aliphatic rings. The number of benzene rings is 1. The second-order valence-electron chi connectivity index (χ2n) is 4.65. The first-order chi connectivity index (χ1) is 8.70. The molecule has 2 aromatic rings. The fourth-order valence-electron chi connectivity index (χ4n) is 2.53. The van der Waals surface area contributed by atoms with Crippen LogP contribution in [0.2, 0.25) is 0 Å². The van der Waals surface area contributed by atoms with Crippen molar-refractivity contribution in [3.63, 3.8) is 0 Å². The van der Waals surface area contributed by atoms with Crippen molar-refractivity contribution in [3.8, 4) is 0 Å². The molecule has 0 aliphatic carbocycles. The van der Waals surface area contributed by atoms with Gasteiger partial charge >= 0.3 is 0 Å². The molecule has 1 unspecified atom stereocenters. The number of amides is 1. The molecule has 1 aromatic heterocycles. The molecule has 1 aliphatic heterocycles. The molecule has 0 radical (unpaired) electrons. The molecule has 0 N–H and O–H groups in total. The minimum atomic E-state index is 0.00417. The minimum absolute atomic E-state index is 0.00417. The molecular formula is C14H15N3O. The highest BCUT2D eigenvalue weighted by molar-refractivity contribution is 5.96. The lowest BCUT2D eigenvalue weighted by Gasteiger charge is -2.32. The zero-order valence-corrected chi connectivity index (χ0v) is 10.6. The van der Waals surface area contributed by atoms with E-state index in [0.717, 1.165) is 23.1 Å². The van der Waals surface area contributed by atoms with Gasteiger partial charge in [0.25, 0.3) is 5.91 Å². The second kappa shape index (κ2) is 4.05. The lowest BCUT2D eigenvalue weighted by Crippen LogP contribution is -2.44. The van der Waals surface area contributed by atoms with Crippen LogP contribution in [0.3, 0.4) is 0 Å². The number of nitrogens with zero attached hydrogens (tertiary/aromatic N) is 3. The van der Waals surface area contributed by atoms with Crippen molar-refractivity contribution in [1.82, 2.24) is 14.9 Å². The number of fused-ring (bicyclic) bond motifs is 2. The fraction of sp³-hybridized carbons (Fsp3) is 0.357. The summed E-state index contributed by atoms with van der Waals surface area (Å²) >= 11 is 0. The summed E-state index contributed by atoms with van der Waals surface area (Å²) in [6, 6.07) is 7.88. The molecule has 0 saturated carbocycles. The number of carbonyl (C=O) groups is 1. The summed E-state index contributed by atoms with van der Waals surface area (Å²) in [6.45, 7) is 4.77. The van der Waals surface area contributed by atoms with E-state index in [2.05, 4.69) is 16.9 Å². The monoisotopic (exact) mass is 241 g/mol. The van der Waals surface area contributed by atoms with E-state index in [1.807, 2.05) is 36.1 Å². The third-order valence-corrected chi connectivity index (χ3v) is 3.47. The molecule has 3 rings (SSSR count). The number of rotatable bonds is 1. The summed E-state index contributed by atoms with van der Waals surface area (Å²) in [5.74, 6) is 0.00417. The lowest BCUT2D eigenvalue weighted by atomic mass is 10.0. The third kappa shape index (κ3) is 1.56. The minimum Gasteiger partial charge on any atom is -0.334 e. The molecule has 1 aromatic carbocycles. The van der Waals surface area contributed by atoms with Gasteiger partial charge in [0.2, 0.25) is 0 Å². The van der Waals surface area contributed by atoms with Crippen LogP contribution in [0, 0.1) is 0 Å². The molecule has 0 spiro atoms. The van der Waals surface area contributed by atoms with E-state index >= 15 is 0 Å². The topological polar surface area (TPSA) is 46.1 Å². The van der Waals surface area contributed by atoms with Gasteiger partial charge in [0, 0.05) is 19.0 Å². The predicted octanol–water partition coefficient (Wildman–Crippen LogP) is 2.04. The molecule has 18 heavy (non-hydrogen) atoms. The van der Waals surface area contributed by atoms with Crippen molar-refractivity contribution in [2.24, 2.45) is 0 Å². The van der Waals surface area contributed by atoms with Crippen LogP contribution in [-0.4, -0.2) is 33.4 Å². The summed E-state index contributed by atoms with van der Waals surface area (Å²) in [5, 5.41) is 0. The second-order valence-corrected chi connectivity index (χ2v) is 4.65. The lowest BCUT2D eigenvalue weighted by molar-refractivity contribution is 0.0669. The van der Waals surface area contributed by atoms with Crippen molar-refractivity contribution in [1.29, 1.82) is 0 Å². The van der Waals surface area contributed by atoms with Gasteiger partial charge in [0.15, 0.2) is 5.69 Å². The van der Waals surface area contributed by atoms with Crippen molar-refractivity contribution >= 4 is 16.9 Å². The number of hydrogen-bond acceptors (Lipinski definition) is 3. The van der Waals surface area contributed by atoms with Gasteiger partial charge in [-0.2, -0.15) is 0 Å². The number of likely N-dealkylation sites (N-methyl/N-ethyl adjacent to an activating group) is 1. The Morgan fingerprint density at radius 3 is 2.61 bits per heavy atom. The summed E-state index contributed by atoms with van der Waals surface area (Å²) in [4.78, 5) is 23.2. The summed E-state index contributed by atoms with van der Waals surface area (Å²) < 4.78 is 0. The highest BCUT2D eigenvalue weighted by atomic mass is 16.2. The molecule has 2 heterocycles. The van der Waals surface area contributed by atoms with Crippen LogP contribution in [0.1, 0.15) is 30.0 Å². The van der Waals surface area contributed by atoms with E-state index in [-0.39, 0.29) is 11.9 Å². The number of aromatic nitrogens is 2. The van der Waals surface area contributed by atoms with Gasteiger partial charge in [0.1, 0.15) is 0 Å². The smallest absolute Gasteiger partial charge is 0.274 e. The SMILES string of the molecule is CCN1C(=O)c2nc3ccccc3nc2CC1C. The highest BCUT2D eigenvalue weighted by Crippen LogP contribution is 2.22. The fourth-order valence-corrected chi connectivity index (χ4v) is 2.53. The Kier molecular flexibility index (Phi) is 2.51. The van der Waals surface area contributed by atoms with Crippen LogP contribution in [0.15, 0.2) is 24.3 Å². The quantitative estimate of drug-likeness (QED) is 0.767. The predicted molar refractivity (Wildman–Crippen MR) is 69.4 cm³/mol. The Hall–Kier alpha value is -1.97. The number of hydrogen-bond donors (Lipinski definition) is 0. The Morgan fingerprint density at radius 2 is 1.94 bits per heavy atom. The van der Waals surface area contributed by atoms with Crippen molar-refractivity contribution in [3.05, 3.63) is 35.7 Å². The van der Waals surface area contributed by atoms with Crippen molar-refractivity contribution < 1.29 is 4.79 Å². The van der Waals surface area contributed by atoms with Crippen molar-refractivity contribution in [2.45, 2.75) is 26.3 Å². The van der Waals surface area contributed by atoms with Gasteiger partial charge in [0.05, 0.1) is 16.7 Å². The van der Waals surface area contributed by atoms with E-state index in [0.29, 0.717) is 12.2 Å². The largest absolute Gasteiger partial charge is 0.334 e. The Labute approximate surface area is 106 Å². The first-order valence-corrected chi connectivity index (χ1v) is 6.27. The number of para-hydroxylation sites is 2. The number of carbonyl (C=O) groups excluding carboxylic acids is 1. The molecule has 0 fully saturated rings. The molecule has 0 bridgehead atoms. The Balaban J connectivity index is 2.19. The molecule has 92 valence electrons. The molecular weight excluding hydrogens is 226 g/mol. The molecule has 4 heteroatoms. The van der Waals surface area contributed by atoms with E-state index in [1.165, 1.54) is 0 Å². The molecule has 1 atom stereocenters. The standard InChI is InChI=1S/C14H15N3O/c1-3-17-9(2)8-12-13(14(17)18)16-11-7-5-4-6-10(11)15-12/h4-7,9H,3,8H2,1-2H3. The average Bonchev–Trinajstić information content (AvgIpc) is 2.37. The van der Waals surface area contributed by atoms with E-state index in [4.69, 9.17) is 0 Å². The van der Waals surface area contributed by atoms with Gasteiger partial charge in [-0.15, -0.1) is 0 Å². The Bertz CT molecular complexity index is 623. The zero-order chi connectivity index (χ0) is 12.7. The Morgan fingerprint density at radius 1 is 1.28 bits per heavy atom. The van der Waals surface area contributed by atoms with Crippen LogP contribution in [0.4, 0.5) is 0 Å². The normalized spacial score (nSPS) is 19.1. The van der Waals surface area contributed by atoms with Gasteiger partial charge in [-0.25, -0.2) is 9.97 Å². The summed E-state index contributed by atoms with van der Waals surface area (Å²) in [7, 11) is 0. The van der Waals surface area contributed by atoms with Crippen molar-refractivity contribution in [2.75, 3.05) is 6.54 Å². The van der Waals surface area contributed by atoms with E-state index in [1.54, 1.807) is 0 Å². The molecule has 4 nitrogen and oxygen atoms in total. The molecule has 0 saturated heterocycles. The van der Waals surface area contributed by atoms with Crippen LogP contribution in [0.5, 0.6) is 0 Å². The molecule has 1 amide bonds. The van der Waals surface area contributed by atoms with Gasteiger partial charge < -0.3 is 4.90 Å². The van der Waals surface area contributed by atoms with Crippen LogP contribution >= 0.6 is 0 Å². The first kappa shape index (κ1) is 11.1. The van der Waals surface area contributed by atoms with Crippen LogP contribution in [0.25, 0.3) is 11.0 Å². The average molecular weight is 241 g/mol. The first-order valence-electron chi connectivity index (χ1n) is 6.27. The summed E-state index contributed by atoms with van der Waals surface area (Å²) in [6.07, 6.45) is 0.784. The van der Waals surface area contributed by atoms with Crippen LogP contribution < -0.4 is 0 Å². The van der Waals surface area contributed by atoms with Gasteiger partial charge in [-0.1, -0.05) is 12.1 Å². The van der Waals surface area contributed by atoms with Gasteiger partial charge in [-0.3, -0.25) is 4.79 Å². The maximum atomic E-state index is 12.3. The van der Waals surface area contributed by atoms with Gasteiger partial charge in [-0.05, 0) is 26.0 Å². The third-order valence-electron chi connectivity index (χ3n) is 3.47. The van der Waals surface area contributed by atoms with Crippen LogP contribution in [-0.2, 0) is 6.42 Å². The maximum absolute atomic E-state index is 12.3. The zero-order valence-electron chi connectivity index (χ0n) is 10.6. The maximum Gasteiger partial charge on any atom is 0.274 e.